The smallest absolute Gasteiger partial charge is 0.271 e. The van der Waals surface area contributed by atoms with Crippen molar-refractivity contribution in [2.45, 2.75) is 18.4 Å². The number of hydrogen-bond acceptors (Lipinski definition) is 4. The largest absolute Gasteiger partial charge is 0.383 e. The summed E-state index contributed by atoms with van der Waals surface area (Å²) in [7, 11) is 1.68. The summed E-state index contributed by atoms with van der Waals surface area (Å²) in [6.45, 7) is 2.10. The van der Waals surface area contributed by atoms with Gasteiger partial charge in [0.2, 0.25) is 0 Å². The highest BCUT2D eigenvalue weighted by atomic mass is 79.9. The van der Waals surface area contributed by atoms with E-state index in [0.29, 0.717) is 23.3 Å². The van der Waals surface area contributed by atoms with Gasteiger partial charge in [-0.3, -0.25) is 4.79 Å². The van der Waals surface area contributed by atoms with Crippen molar-refractivity contribution in [2.75, 3.05) is 26.8 Å². The number of hydrogen-bond donors (Lipinski definition) is 2. The van der Waals surface area contributed by atoms with Gasteiger partial charge in [0.25, 0.3) is 5.91 Å². The number of pyridine rings is 1. The zero-order valence-electron chi connectivity index (χ0n) is 11.3. The van der Waals surface area contributed by atoms with Gasteiger partial charge in [-0.05, 0) is 47.4 Å². The Hall–Kier alpha value is -0.690. The number of carbonyl (C=O) groups is 1. The average molecular weight is 365 g/mol. The summed E-state index contributed by atoms with van der Waals surface area (Å²) in [5.74, 6) is -0.170. The molecule has 2 heterocycles. The summed E-state index contributed by atoms with van der Waals surface area (Å²) in [6.07, 6.45) is 3.72. The van der Waals surface area contributed by atoms with E-state index in [1.807, 2.05) is 0 Å². The Morgan fingerprint density at radius 2 is 2.45 bits per heavy atom. The quantitative estimate of drug-likeness (QED) is 0.836. The van der Waals surface area contributed by atoms with Gasteiger partial charge in [0.1, 0.15) is 5.69 Å². The Bertz CT molecular complexity index is 453. The van der Waals surface area contributed by atoms with Crippen molar-refractivity contribution in [1.82, 2.24) is 15.6 Å². The maximum Gasteiger partial charge on any atom is 0.271 e. The van der Waals surface area contributed by atoms with Gasteiger partial charge in [-0.2, -0.15) is 0 Å². The molecular weight excluding hydrogens is 346 g/mol. The van der Waals surface area contributed by atoms with Crippen LogP contribution >= 0.6 is 28.3 Å². The number of halogens is 2. The van der Waals surface area contributed by atoms with Gasteiger partial charge >= 0.3 is 0 Å². The normalized spacial score (nSPS) is 21.3. The number of aromatic nitrogens is 1. The number of rotatable bonds is 5. The first-order valence-electron chi connectivity index (χ1n) is 6.29. The molecule has 1 fully saturated rings. The fraction of sp³-hybridized carbons (Fsp3) is 0.538. The molecule has 1 saturated heterocycles. The molecule has 0 aromatic carbocycles. The van der Waals surface area contributed by atoms with Gasteiger partial charge in [-0.25, -0.2) is 4.98 Å². The lowest BCUT2D eigenvalue weighted by molar-refractivity contribution is 0.0887. The maximum absolute atomic E-state index is 12.1. The van der Waals surface area contributed by atoms with E-state index in [1.54, 1.807) is 25.4 Å². The van der Waals surface area contributed by atoms with Crippen LogP contribution in [0, 0.1) is 0 Å². The first-order valence-corrected chi connectivity index (χ1v) is 7.09. The van der Waals surface area contributed by atoms with Gasteiger partial charge in [0.15, 0.2) is 0 Å². The lowest BCUT2D eigenvalue weighted by Gasteiger charge is -2.28. The first-order chi connectivity index (χ1) is 9.17. The molecular formula is C13H19BrClN3O2. The van der Waals surface area contributed by atoms with Gasteiger partial charge in [-0.1, -0.05) is 0 Å². The lowest BCUT2D eigenvalue weighted by atomic mass is 9.98. The van der Waals surface area contributed by atoms with Crippen LogP contribution in [0.3, 0.4) is 0 Å². The van der Waals surface area contributed by atoms with Gasteiger partial charge in [0.05, 0.1) is 12.1 Å². The molecule has 1 amide bonds. The third kappa shape index (κ3) is 4.15. The molecule has 0 bridgehead atoms. The highest BCUT2D eigenvalue weighted by Crippen LogP contribution is 2.19. The van der Waals surface area contributed by atoms with E-state index in [4.69, 9.17) is 4.74 Å². The second kappa shape index (κ2) is 7.93. The van der Waals surface area contributed by atoms with E-state index >= 15 is 0 Å². The van der Waals surface area contributed by atoms with Crippen LogP contribution in [-0.4, -0.2) is 43.2 Å². The lowest BCUT2D eigenvalue weighted by Crippen LogP contribution is -2.53. The Balaban J connectivity index is 0.00000200. The Kier molecular flexibility index (Phi) is 6.88. The molecule has 0 saturated carbocycles. The predicted octanol–water partition coefficient (Wildman–Crippen LogP) is 1.76. The molecule has 20 heavy (non-hydrogen) atoms. The molecule has 2 rings (SSSR count). The number of carbonyl (C=O) groups excluding carboxylic acids is 1. The molecule has 2 N–H and O–H groups in total. The standard InChI is InChI=1S/C13H18BrN3O2.ClH/c1-19-9-13(5-3-7-17-13)8-16-12(18)11-10(14)4-2-6-15-11;/h2,4,6,17H,3,5,7-9H2,1H3,(H,16,18);1H. The summed E-state index contributed by atoms with van der Waals surface area (Å²) in [4.78, 5) is 16.2. The van der Waals surface area contributed by atoms with E-state index in [0.717, 1.165) is 19.4 Å². The summed E-state index contributed by atoms with van der Waals surface area (Å²) in [5, 5.41) is 6.35. The van der Waals surface area contributed by atoms with Gasteiger partial charge in [-0.15, -0.1) is 12.4 Å². The Morgan fingerprint density at radius 1 is 1.65 bits per heavy atom. The number of methoxy groups -OCH3 is 1. The second-order valence-corrected chi connectivity index (χ2v) is 5.61. The van der Waals surface area contributed by atoms with Crippen molar-refractivity contribution in [1.29, 1.82) is 0 Å². The van der Waals surface area contributed by atoms with Crippen LogP contribution in [0.2, 0.25) is 0 Å². The van der Waals surface area contributed by atoms with Gasteiger partial charge < -0.3 is 15.4 Å². The maximum atomic E-state index is 12.1. The van der Waals surface area contributed by atoms with E-state index in [9.17, 15) is 4.79 Å². The molecule has 0 radical (unpaired) electrons. The molecule has 7 heteroatoms. The van der Waals surface area contributed by atoms with Crippen LogP contribution in [0.25, 0.3) is 0 Å². The fourth-order valence-electron chi connectivity index (χ4n) is 2.36. The Morgan fingerprint density at radius 3 is 3.05 bits per heavy atom. The first kappa shape index (κ1) is 17.4. The molecule has 0 aliphatic carbocycles. The summed E-state index contributed by atoms with van der Waals surface area (Å²) >= 11 is 3.33. The molecule has 112 valence electrons. The molecule has 1 aromatic heterocycles. The zero-order chi connectivity index (χ0) is 13.7. The molecule has 1 aliphatic heterocycles. The minimum Gasteiger partial charge on any atom is -0.383 e. The molecule has 1 unspecified atom stereocenters. The van der Waals surface area contributed by atoms with Gasteiger partial charge in [0, 0.05) is 24.3 Å². The highest BCUT2D eigenvalue weighted by Gasteiger charge is 2.34. The van der Waals surface area contributed by atoms with Crippen molar-refractivity contribution in [2.24, 2.45) is 0 Å². The van der Waals surface area contributed by atoms with Crippen molar-refractivity contribution >= 4 is 34.2 Å². The van der Waals surface area contributed by atoms with Crippen molar-refractivity contribution in [3.63, 3.8) is 0 Å². The van der Waals surface area contributed by atoms with E-state index in [-0.39, 0.29) is 23.9 Å². The minimum atomic E-state index is -0.170. The third-order valence-corrected chi connectivity index (χ3v) is 3.95. The third-order valence-electron chi connectivity index (χ3n) is 3.31. The molecule has 1 aromatic rings. The molecule has 5 nitrogen and oxygen atoms in total. The van der Waals surface area contributed by atoms with Crippen molar-refractivity contribution in [3.8, 4) is 0 Å². The minimum absolute atomic E-state index is 0. The summed E-state index contributed by atoms with van der Waals surface area (Å²) in [6, 6.07) is 3.59. The summed E-state index contributed by atoms with van der Waals surface area (Å²) in [5.41, 5.74) is 0.263. The van der Waals surface area contributed by atoms with Crippen LogP contribution in [0.4, 0.5) is 0 Å². The van der Waals surface area contributed by atoms with E-state index in [1.165, 1.54) is 0 Å². The monoisotopic (exact) mass is 363 g/mol. The topological polar surface area (TPSA) is 63.2 Å². The van der Waals surface area contributed by atoms with Crippen molar-refractivity contribution in [3.05, 3.63) is 28.5 Å². The molecule has 1 atom stereocenters. The van der Waals surface area contributed by atoms with E-state index < -0.39 is 0 Å². The van der Waals surface area contributed by atoms with Crippen LogP contribution in [0.5, 0.6) is 0 Å². The Labute approximate surface area is 133 Å². The molecule has 1 aliphatic rings. The number of ether oxygens (including phenoxy) is 1. The van der Waals surface area contributed by atoms with Crippen LogP contribution < -0.4 is 10.6 Å². The van der Waals surface area contributed by atoms with Crippen molar-refractivity contribution < 1.29 is 9.53 Å². The zero-order valence-corrected chi connectivity index (χ0v) is 13.7. The van der Waals surface area contributed by atoms with Crippen LogP contribution in [-0.2, 0) is 4.74 Å². The number of nitrogens with zero attached hydrogens (tertiary/aromatic N) is 1. The highest BCUT2D eigenvalue weighted by molar-refractivity contribution is 9.10. The molecule has 0 spiro atoms. The second-order valence-electron chi connectivity index (χ2n) is 4.76. The SMILES string of the molecule is COCC1(CNC(=O)c2ncccc2Br)CCCN1.Cl. The fourth-order valence-corrected chi connectivity index (χ4v) is 2.79. The average Bonchev–Trinajstić information content (AvgIpc) is 2.86. The van der Waals surface area contributed by atoms with Crippen LogP contribution in [0.1, 0.15) is 23.3 Å². The number of amides is 1. The van der Waals surface area contributed by atoms with Crippen LogP contribution in [0.15, 0.2) is 22.8 Å². The summed E-state index contributed by atoms with van der Waals surface area (Å²) < 4.78 is 5.95. The number of nitrogens with one attached hydrogen (secondary N) is 2. The van der Waals surface area contributed by atoms with E-state index in [2.05, 4.69) is 31.5 Å². The predicted molar refractivity (Wildman–Crippen MR) is 83.4 cm³/mol.